The fourth-order valence-corrected chi connectivity index (χ4v) is 3.19. The monoisotopic (exact) mass is 439 g/mol. The van der Waals surface area contributed by atoms with E-state index in [9.17, 15) is 13.6 Å². The molecule has 4 nitrogen and oxygen atoms in total. The van der Waals surface area contributed by atoms with Crippen LogP contribution in [-0.4, -0.2) is 11.9 Å². The van der Waals surface area contributed by atoms with E-state index in [1.807, 2.05) is 31.2 Å². The molecule has 0 saturated carbocycles. The first-order valence-electron chi connectivity index (χ1n) is 9.35. The van der Waals surface area contributed by atoms with Gasteiger partial charge in [0.25, 0.3) is 0 Å². The summed E-state index contributed by atoms with van der Waals surface area (Å²) >= 11 is 5.93. The molecule has 1 aliphatic rings. The molecule has 0 aromatic heterocycles. The van der Waals surface area contributed by atoms with E-state index in [4.69, 9.17) is 21.1 Å². The number of carbonyl (C=O) groups excluding carboxylic acids is 1. The average Bonchev–Trinajstić information content (AvgIpc) is 3.11. The van der Waals surface area contributed by atoms with E-state index in [0.29, 0.717) is 17.9 Å². The van der Waals surface area contributed by atoms with Crippen LogP contribution in [-0.2, 0) is 16.1 Å². The zero-order valence-electron chi connectivity index (χ0n) is 16.4. The molecular weight excluding hydrogens is 424 g/mol. The van der Waals surface area contributed by atoms with E-state index in [1.54, 1.807) is 24.3 Å². The Labute approximate surface area is 182 Å². The van der Waals surface area contributed by atoms with Gasteiger partial charge in [-0.2, -0.15) is 0 Å². The first kappa shape index (κ1) is 20.8. The van der Waals surface area contributed by atoms with Crippen molar-refractivity contribution in [1.29, 1.82) is 0 Å². The highest BCUT2D eigenvalue weighted by molar-refractivity contribution is 6.34. The van der Waals surface area contributed by atoms with Crippen LogP contribution in [0.25, 0.3) is 6.08 Å². The van der Waals surface area contributed by atoms with Gasteiger partial charge in [0, 0.05) is 0 Å². The van der Waals surface area contributed by atoms with Crippen molar-refractivity contribution < 1.29 is 23.0 Å². The minimum atomic E-state index is -1.11. The van der Waals surface area contributed by atoms with E-state index in [1.165, 1.54) is 6.08 Å². The molecule has 31 heavy (non-hydrogen) atoms. The maximum atomic E-state index is 13.5. The fraction of sp³-hybridized carbons (Fsp3) is 0.0833. The lowest BCUT2D eigenvalue weighted by Crippen LogP contribution is -2.07. The van der Waals surface area contributed by atoms with Gasteiger partial charge in [0.2, 0.25) is 5.90 Å². The topological polar surface area (TPSA) is 47.9 Å². The number of aliphatic imine (C=N–C) groups is 1. The van der Waals surface area contributed by atoms with E-state index in [-0.39, 0.29) is 22.2 Å². The highest BCUT2D eigenvalue weighted by Gasteiger charge is 2.26. The fourth-order valence-electron chi connectivity index (χ4n) is 2.96. The lowest BCUT2D eigenvalue weighted by Gasteiger charge is -2.08. The quantitative estimate of drug-likeness (QED) is 0.284. The standard InChI is InChI=1S/C24H16ClF2NO3/c1-14-4-2-3-5-16(14)13-30-17-8-6-15(7-9-17)10-22-24(29)31-23(28-22)18-11-20(26)21(27)12-19(18)25/h2-12H,13H2,1H3. The predicted octanol–water partition coefficient (Wildman–Crippen LogP) is 5.85. The summed E-state index contributed by atoms with van der Waals surface area (Å²) < 4.78 is 37.7. The summed E-state index contributed by atoms with van der Waals surface area (Å²) in [6.45, 7) is 2.47. The molecule has 3 aromatic rings. The van der Waals surface area contributed by atoms with E-state index >= 15 is 0 Å². The molecule has 1 heterocycles. The first-order valence-corrected chi connectivity index (χ1v) is 9.73. The smallest absolute Gasteiger partial charge is 0.363 e. The number of ether oxygens (including phenoxy) is 2. The van der Waals surface area contributed by atoms with Gasteiger partial charge >= 0.3 is 5.97 Å². The summed E-state index contributed by atoms with van der Waals surface area (Å²) in [4.78, 5) is 16.2. The molecule has 4 rings (SSSR count). The Balaban J connectivity index is 1.50. The number of benzene rings is 3. The van der Waals surface area contributed by atoms with Crippen molar-refractivity contribution in [3.05, 3.63) is 105 Å². The van der Waals surface area contributed by atoms with Gasteiger partial charge in [-0.15, -0.1) is 0 Å². The number of hydrogen-bond acceptors (Lipinski definition) is 4. The summed E-state index contributed by atoms with van der Waals surface area (Å²) in [5, 5.41) is -0.109. The van der Waals surface area contributed by atoms with Crippen molar-refractivity contribution in [2.75, 3.05) is 0 Å². The van der Waals surface area contributed by atoms with Gasteiger partial charge in [-0.1, -0.05) is 48.0 Å². The first-order chi connectivity index (χ1) is 14.9. The SMILES string of the molecule is Cc1ccccc1COc1ccc(C=C2N=C(c3cc(F)c(F)cc3Cl)OC2=O)cc1. The summed E-state index contributed by atoms with van der Waals surface area (Å²) in [5.41, 5.74) is 2.96. The number of nitrogens with zero attached hydrogens (tertiary/aromatic N) is 1. The van der Waals surface area contributed by atoms with Gasteiger partial charge in [-0.25, -0.2) is 18.6 Å². The number of halogens is 3. The van der Waals surface area contributed by atoms with Crippen molar-refractivity contribution in [3.8, 4) is 5.75 Å². The molecule has 156 valence electrons. The zero-order valence-corrected chi connectivity index (χ0v) is 17.1. The molecule has 3 aromatic carbocycles. The van der Waals surface area contributed by atoms with Gasteiger partial charge in [0.1, 0.15) is 12.4 Å². The molecule has 0 aliphatic carbocycles. The molecule has 0 N–H and O–H groups in total. The number of carbonyl (C=O) groups is 1. The number of hydrogen-bond donors (Lipinski definition) is 0. The third kappa shape index (κ3) is 4.64. The minimum Gasteiger partial charge on any atom is -0.489 e. The maximum absolute atomic E-state index is 13.5. The summed E-state index contributed by atoms with van der Waals surface area (Å²) in [5.74, 6) is -2.43. The molecular formula is C24H16ClF2NO3. The van der Waals surface area contributed by atoms with Crippen LogP contribution in [0.1, 0.15) is 22.3 Å². The third-order valence-corrected chi connectivity index (χ3v) is 5.01. The Kier molecular flexibility index (Phi) is 5.82. The van der Waals surface area contributed by atoms with Gasteiger partial charge in [-0.05, 0) is 54.0 Å². The summed E-state index contributed by atoms with van der Waals surface area (Å²) in [6.07, 6.45) is 1.52. The lowest BCUT2D eigenvalue weighted by atomic mass is 10.1. The summed E-state index contributed by atoms with van der Waals surface area (Å²) in [7, 11) is 0. The van der Waals surface area contributed by atoms with Crippen LogP contribution < -0.4 is 4.74 Å². The van der Waals surface area contributed by atoms with Gasteiger partial charge in [-0.3, -0.25) is 0 Å². The van der Waals surface area contributed by atoms with Crippen molar-refractivity contribution in [3.63, 3.8) is 0 Å². The van der Waals surface area contributed by atoms with Crippen molar-refractivity contribution >= 4 is 29.5 Å². The molecule has 1 aliphatic heterocycles. The van der Waals surface area contributed by atoms with Crippen molar-refractivity contribution in [2.45, 2.75) is 13.5 Å². The number of cyclic esters (lactones) is 1. The Morgan fingerprint density at radius 2 is 1.77 bits per heavy atom. The minimum absolute atomic E-state index is 0.00253. The molecule has 0 spiro atoms. The molecule has 0 saturated heterocycles. The molecule has 0 atom stereocenters. The Bertz CT molecular complexity index is 1220. The Morgan fingerprint density at radius 1 is 1.06 bits per heavy atom. The van der Waals surface area contributed by atoms with Crippen LogP contribution in [0, 0.1) is 18.6 Å². The molecule has 0 fully saturated rings. The van der Waals surface area contributed by atoms with Crippen LogP contribution >= 0.6 is 11.6 Å². The highest BCUT2D eigenvalue weighted by Crippen LogP contribution is 2.26. The van der Waals surface area contributed by atoms with Crippen molar-refractivity contribution in [2.24, 2.45) is 4.99 Å². The number of esters is 1. The van der Waals surface area contributed by atoms with Crippen LogP contribution in [0.3, 0.4) is 0 Å². The second kappa shape index (κ2) is 8.70. The van der Waals surface area contributed by atoms with Crippen LogP contribution in [0.5, 0.6) is 5.75 Å². The number of rotatable bonds is 5. The molecule has 0 unspecified atom stereocenters. The zero-order chi connectivity index (χ0) is 22.0. The maximum Gasteiger partial charge on any atom is 0.363 e. The predicted molar refractivity (Wildman–Crippen MR) is 114 cm³/mol. The molecule has 0 amide bonds. The molecule has 0 radical (unpaired) electrons. The summed E-state index contributed by atoms with van der Waals surface area (Å²) in [6, 6.07) is 16.7. The van der Waals surface area contributed by atoms with E-state index < -0.39 is 17.6 Å². The van der Waals surface area contributed by atoms with Crippen molar-refractivity contribution in [1.82, 2.24) is 0 Å². The second-order valence-corrected chi connectivity index (χ2v) is 7.27. The lowest BCUT2D eigenvalue weighted by molar-refractivity contribution is -0.129. The molecule has 7 heteroatoms. The van der Waals surface area contributed by atoms with Gasteiger partial charge in [0.15, 0.2) is 17.3 Å². The Morgan fingerprint density at radius 3 is 2.52 bits per heavy atom. The van der Waals surface area contributed by atoms with Gasteiger partial charge in [0.05, 0.1) is 10.6 Å². The highest BCUT2D eigenvalue weighted by atomic mass is 35.5. The van der Waals surface area contributed by atoms with E-state index in [2.05, 4.69) is 4.99 Å². The van der Waals surface area contributed by atoms with Crippen LogP contribution in [0.4, 0.5) is 8.78 Å². The average molecular weight is 440 g/mol. The van der Waals surface area contributed by atoms with Gasteiger partial charge < -0.3 is 9.47 Å². The third-order valence-electron chi connectivity index (χ3n) is 4.70. The second-order valence-electron chi connectivity index (χ2n) is 6.87. The largest absolute Gasteiger partial charge is 0.489 e. The normalized spacial score (nSPS) is 14.5. The Hall–Kier alpha value is -3.51. The van der Waals surface area contributed by atoms with E-state index in [0.717, 1.165) is 23.3 Å². The number of aryl methyl sites for hydroxylation is 1. The van der Waals surface area contributed by atoms with Crippen LogP contribution in [0.2, 0.25) is 5.02 Å². The molecule has 0 bridgehead atoms. The van der Waals surface area contributed by atoms with Crippen LogP contribution in [0.15, 0.2) is 71.4 Å².